The number of benzene rings is 2. The summed E-state index contributed by atoms with van der Waals surface area (Å²) in [7, 11) is 0. The van der Waals surface area contributed by atoms with Crippen LogP contribution in [0.4, 0.5) is 0 Å². The molecule has 5 heteroatoms. The topological polar surface area (TPSA) is 72.8 Å². The Bertz CT molecular complexity index is 1270. The van der Waals surface area contributed by atoms with Crippen LogP contribution in [0, 0.1) is 5.41 Å². The first-order chi connectivity index (χ1) is 15.7. The third kappa shape index (κ3) is 5.41. The number of carbonyl (C=O) groups is 1. The summed E-state index contributed by atoms with van der Waals surface area (Å²) < 4.78 is 18.1. The Morgan fingerprint density at radius 2 is 1.91 bits per heavy atom. The molecule has 0 spiro atoms. The Labute approximate surface area is 194 Å². The van der Waals surface area contributed by atoms with Crippen LogP contribution >= 0.6 is 0 Å². The number of furan rings is 2. The minimum atomic E-state index is -0.839. The van der Waals surface area contributed by atoms with Gasteiger partial charge in [0.2, 0.25) is 0 Å². The van der Waals surface area contributed by atoms with Gasteiger partial charge in [-0.3, -0.25) is 4.79 Å². The lowest BCUT2D eigenvalue weighted by Gasteiger charge is -2.17. The summed E-state index contributed by atoms with van der Waals surface area (Å²) in [5, 5.41) is 11.1. The smallest absolute Gasteiger partial charge is 0.307 e. The molecule has 2 aromatic heterocycles. The van der Waals surface area contributed by atoms with E-state index in [2.05, 4.69) is 39.8 Å². The summed E-state index contributed by atoms with van der Waals surface area (Å²) in [6.07, 6.45) is 5.39. The molecule has 4 aromatic rings. The Hall–Kier alpha value is -3.21. The van der Waals surface area contributed by atoms with E-state index in [0.717, 1.165) is 58.5 Å². The number of hydrogen-bond donors (Lipinski definition) is 1. The van der Waals surface area contributed by atoms with Crippen molar-refractivity contribution in [2.75, 3.05) is 6.61 Å². The van der Waals surface area contributed by atoms with Gasteiger partial charge in [0.25, 0.3) is 0 Å². The molecule has 5 nitrogen and oxygen atoms in total. The maximum atomic E-state index is 11.0. The van der Waals surface area contributed by atoms with Crippen LogP contribution in [0.1, 0.15) is 56.6 Å². The monoisotopic (exact) mass is 448 g/mol. The van der Waals surface area contributed by atoms with E-state index in [1.165, 1.54) is 10.9 Å². The summed E-state index contributed by atoms with van der Waals surface area (Å²) >= 11 is 0. The summed E-state index contributed by atoms with van der Waals surface area (Å²) in [6.45, 7) is 9.36. The zero-order valence-corrected chi connectivity index (χ0v) is 19.9. The highest BCUT2D eigenvalue weighted by atomic mass is 16.5. The molecule has 0 fully saturated rings. The lowest BCUT2D eigenvalue weighted by Crippen LogP contribution is -2.08. The number of aliphatic carboxylic acids is 1. The Balaban J connectivity index is 1.49. The highest BCUT2D eigenvalue weighted by molar-refractivity contribution is 5.86. The van der Waals surface area contributed by atoms with Crippen molar-refractivity contribution in [2.24, 2.45) is 5.41 Å². The van der Waals surface area contributed by atoms with Crippen LogP contribution in [0.3, 0.4) is 0 Å². The number of carboxylic acids is 1. The van der Waals surface area contributed by atoms with Gasteiger partial charge in [-0.15, -0.1) is 0 Å². The van der Waals surface area contributed by atoms with Crippen LogP contribution in [-0.2, 0) is 30.5 Å². The predicted molar refractivity (Wildman–Crippen MR) is 130 cm³/mol. The summed E-state index contributed by atoms with van der Waals surface area (Å²) in [5.74, 6) is 0.843. The van der Waals surface area contributed by atoms with E-state index in [0.29, 0.717) is 13.0 Å². The van der Waals surface area contributed by atoms with E-state index in [1.54, 1.807) is 6.07 Å². The van der Waals surface area contributed by atoms with Gasteiger partial charge in [0.1, 0.15) is 22.7 Å². The summed E-state index contributed by atoms with van der Waals surface area (Å²) in [5.41, 5.74) is 5.01. The van der Waals surface area contributed by atoms with Crippen molar-refractivity contribution in [3.8, 4) is 5.75 Å². The van der Waals surface area contributed by atoms with Crippen molar-refractivity contribution in [2.45, 2.75) is 59.8 Å². The van der Waals surface area contributed by atoms with Gasteiger partial charge >= 0.3 is 5.97 Å². The van der Waals surface area contributed by atoms with Gasteiger partial charge in [0, 0.05) is 22.8 Å². The van der Waals surface area contributed by atoms with E-state index in [1.807, 2.05) is 24.5 Å². The average Bonchev–Trinajstić information content (AvgIpc) is 3.31. The Morgan fingerprint density at radius 1 is 1.09 bits per heavy atom. The second-order valence-electron chi connectivity index (χ2n) is 9.92. The van der Waals surface area contributed by atoms with Crippen LogP contribution in [0.5, 0.6) is 5.75 Å². The van der Waals surface area contributed by atoms with Gasteiger partial charge in [0.05, 0.1) is 19.3 Å². The largest absolute Gasteiger partial charge is 0.493 e. The fourth-order valence-electron chi connectivity index (χ4n) is 4.34. The van der Waals surface area contributed by atoms with Gasteiger partial charge in [-0.05, 0) is 59.7 Å². The highest BCUT2D eigenvalue weighted by Crippen LogP contribution is 2.35. The maximum absolute atomic E-state index is 11.0. The average molecular weight is 449 g/mol. The van der Waals surface area contributed by atoms with Crippen molar-refractivity contribution in [3.63, 3.8) is 0 Å². The van der Waals surface area contributed by atoms with Crippen LogP contribution in [0.2, 0.25) is 0 Å². The zero-order valence-electron chi connectivity index (χ0n) is 19.9. The maximum Gasteiger partial charge on any atom is 0.307 e. The standard InChI is InChI=1S/C28H32O5/c1-5-6-23-25(10-8-22-20(16-28(2,3)4)17-32-27(22)23)31-12-11-21-15-19-13-18(14-26(29)30)7-9-24(19)33-21/h7-10,13,15,17H,5-6,11-12,14,16H2,1-4H3,(H,29,30). The number of hydrogen-bond acceptors (Lipinski definition) is 4. The number of aryl methyl sites for hydroxylation is 1. The second kappa shape index (κ2) is 9.34. The SMILES string of the molecule is CCCc1c(OCCc2cc3cc(CC(=O)O)ccc3o2)ccc2c(CC(C)(C)C)coc12. The molecule has 0 unspecified atom stereocenters. The molecule has 0 aliphatic heterocycles. The van der Waals surface area contributed by atoms with E-state index in [9.17, 15) is 4.79 Å². The highest BCUT2D eigenvalue weighted by Gasteiger charge is 2.19. The van der Waals surface area contributed by atoms with E-state index in [-0.39, 0.29) is 11.8 Å². The van der Waals surface area contributed by atoms with Crippen molar-refractivity contribution >= 4 is 27.9 Å². The van der Waals surface area contributed by atoms with Crippen molar-refractivity contribution in [3.05, 3.63) is 65.1 Å². The third-order valence-electron chi connectivity index (χ3n) is 5.70. The molecule has 0 saturated carbocycles. The van der Waals surface area contributed by atoms with E-state index >= 15 is 0 Å². The van der Waals surface area contributed by atoms with Crippen LogP contribution in [0.15, 0.2) is 51.5 Å². The fraction of sp³-hybridized carbons (Fsp3) is 0.393. The van der Waals surface area contributed by atoms with Crippen molar-refractivity contribution < 1.29 is 23.5 Å². The molecule has 0 amide bonds. The number of ether oxygens (including phenoxy) is 1. The molecule has 2 aromatic carbocycles. The molecule has 2 heterocycles. The lowest BCUT2D eigenvalue weighted by molar-refractivity contribution is -0.136. The molecule has 174 valence electrons. The Kier molecular flexibility index (Phi) is 6.50. The quantitative estimate of drug-likeness (QED) is 0.299. The third-order valence-corrected chi connectivity index (χ3v) is 5.70. The Morgan fingerprint density at radius 3 is 2.64 bits per heavy atom. The number of carboxylic acid groups (broad SMARTS) is 1. The number of rotatable bonds is 9. The molecule has 0 aliphatic rings. The van der Waals surface area contributed by atoms with Crippen LogP contribution in [-0.4, -0.2) is 17.7 Å². The zero-order chi connectivity index (χ0) is 23.6. The minimum Gasteiger partial charge on any atom is -0.493 e. The number of fused-ring (bicyclic) bond motifs is 2. The molecule has 0 aliphatic carbocycles. The molecule has 4 rings (SSSR count). The second-order valence-corrected chi connectivity index (χ2v) is 9.92. The summed E-state index contributed by atoms with van der Waals surface area (Å²) in [4.78, 5) is 11.0. The normalized spacial score (nSPS) is 12.0. The van der Waals surface area contributed by atoms with Crippen LogP contribution < -0.4 is 4.74 Å². The fourth-order valence-corrected chi connectivity index (χ4v) is 4.34. The first kappa shape index (κ1) is 23.0. The molecule has 0 radical (unpaired) electrons. The lowest BCUT2D eigenvalue weighted by atomic mass is 9.88. The van der Waals surface area contributed by atoms with Crippen molar-refractivity contribution in [1.82, 2.24) is 0 Å². The molecule has 1 N–H and O–H groups in total. The first-order valence-corrected chi connectivity index (χ1v) is 11.6. The van der Waals surface area contributed by atoms with E-state index in [4.69, 9.17) is 18.7 Å². The molecular formula is C28H32O5. The van der Waals surface area contributed by atoms with Gasteiger partial charge in [-0.1, -0.05) is 40.2 Å². The van der Waals surface area contributed by atoms with Gasteiger partial charge in [0.15, 0.2) is 0 Å². The van der Waals surface area contributed by atoms with Gasteiger partial charge < -0.3 is 18.7 Å². The predicted octanol–water partition coefficient (Wildman–Crippen LogP) is 6.97. The first-order valence-electron chi connectivity index (χ1n) is 11.6. The molecule has 0 saturated heterocycles. The molecule has 0 bridgehead atoms. The van der Waals surface area contributed by atoms with Crippen LogP contribution in [0.25, 0.3) is 21.9 Å². The van der Waals surface area contributed by atoms with E-state index < -0.39 is 5.97 Å². The summed E-state index contributed by atoms with van der Waals surface area (Å²) in [6, 6.07) is 11.6. The molecular weight excluding hydrogens is 416 g/mol. The van der Waals surface area contributed by atoms with Gasteiger partial charge in [-0.25, -0.2) is 0 Å². The molecule has 33 heavy (non-hydrogen) atoms. The van der Waals surface area contributed by atoms with Gasteiger partial charge in [-0.2, -0.15) is 0 Å². The molecule has 0 atom stereocenters. The minimum absolute atomic E-state index is 0.00644. The van der Waals surface area contributed by atoms with Crippen molar-refractivity contribution in [1.29, 1.82) is 0 Å².